The summed E-state index contributed by atoms with van der Waals surface area (Å²) in [7, 11) is 0. The second-order valence-corrected chi connectivity index (χ2v) is 6.30. The Morgan fingerprint density at radius 3 is 2.08 bits per heavy atom. The smallest absolute Gasteiger partial charge is 0.137 e. The number of anilines is 1. The normalized spacial score (nSPS) is 13.6. The number of carbonyl (C=O) groups is 1. The lowest BCUT2D eigenvalue weighted by molar-refractivity contribution is -0.118. The molecule has 2 heteroatoms. The van der Waals surface area contributed by atoms with Crippen molar-refractivity contribution in [2.24, 2.45) is 0 Å². The summed E-state index contributed by atoms with van der Waals surface area (Å²) in [5.41, 5.74) is 14.1. The summed E-state index contributed by atoms with van der Waals surface area (Å²) in [6.07, 6.45) is 1.89. The highest BCUT2D eigenvalue weighted by molar-refractivity contribution is 5.95. The summed E-state index contributed by atoms with van der Waals surface area (Å²) in [5.74, 6) is 0.310. The maximum Gasteiger partial charge on any atom is 0.137 e. The monoisotopic (exact) mass is 313 g/mol. The van der Waals surface area contributed by atoms with Crippen molar-refractivity contribution in [3.8, 4) is 22.3 Å². The van der Waals surface area contributed by atoms with Gasteiger partial charge in [0, 0.05) is 29.7 Å². The summed E-state index contributed by atoms with van der Waals surface area (Å²) in [6.45, 7) is 0. The first-order valence-electron chi connectivity index (χ1n) is 8.31. The quantitative estimate of drug-likeness (QED) is 0.699. The molecule has 3 aromatic rings. The molecule has 0 radical (unpaired) electrons. The molecule has 0 spiro atoms. The molecule has 0 atom stereocenters. The number of hydrogen-bond acceptors (Lipinski definition) is 2. The minimum atomic E-state index is 0.310. The van der Waals surface area contributed by atoms with Crippen LogP contribution in [0, 0.1) is 0 Å². The summed E-state index contributed by atoms with van der Waals surface area (Å²) in [5, 5.41) is 0. The first-order chi connectivity index (χ1) is 11.7. The predicted octanol–water partition coefficient (Wildman–Crippen LogP) is 4.66. The molecule has 24 heavy (non-hydrogen) atoms. The second kappa shape index (κ2) is 5.97. The van der Waals surface area contributed by atoms with E-state index in [0.717, 1.165) is 39.9 Å². The van der Waals surface area contributed by atoms with E-state index < -0.39 is 0 Å². The Labute approximate surface area is 142 Å². The van der Waals surface area contributed by atoms with Gasteiger partial charge in [-0.2, -0.15) is 0 Å². The van der Waals surface area contributed by atoms with Crippen LogP contribution in [-0.2, 0) is 17.6 Å². The first kappa shape index (κ1) is 14.7. The van der Waals surface area contributed by atoms with Gasteiger partial charge in [-0.1, -0.05) is 60.7 Å². The molecule has 2 N–H and O–H groups in total. The molecule has 1 aliphatic carbocycles. The molecule has 2 nitrogen and oxygen atoms in total. The van der Waals surface area contributed by atoms with Crippen molar-refractivity contribution >= 4 is 11.5 Å². The lowest BCUT2D eigenvalue weighted by Gasteiger charge is -2.23. The van der Waals surface area contributed by atoms with E-state index in [4.69, 9.17) is 5.73 Å². The maximum atomic E-state index is 12.0. The van der Waals surface area contributed by atoms with Crippen LogP contribution in [0.1, 0.15) is 17.5 Å². The molecule has 0 fully saturated rings. The highest BCUT2D eigenvalue weighted by Gasteiger charge is 2.23. The zero-order valence-corrected chi connectivity index (χ0v) is 13.5. The summed E-state index contributed by atoms with van der Waals surface area (Å²) >= 11 is 0. The fourth-order valence-corrected chi connectivity index (χ4v) is 3.60. The molecule has 3 aromatic carbocycles. The van der Waals surface area contributed by atoms with Gasteiger partial charge in [-0.3, -0.25) is 4.79 Å². The number of hydrogen-bond donors (Lipinski definition) is 1. The van der Waals surface area contributed by atoms with Crippen LogP contribution in [0.3, 0.4) is 0 Å². The minimum absolute atomic E-state index is 0.310. The Morgan fingerprint density at radius 2 is 1.42 bits per heavy atom. The highest BCUT2D eigenvalue weighted by Crippen LogP contribution is 2.41. The lowest BCUT2D eigenvalue weighted by Crippen LogP contribution is -2.15. The van der Waals surface area contributed by atoms with Crippen molar-refractivity contribution in [2.45, 2.75) is 19.3 Å². The van der Waals surface area contributed by atoms with Gasteiger partial charge in [0.1, 0.15) is 5.78 Å². The van der Waals surface area contributed by atoms with Crippen molar-refractivity contribution in [2.75, 3.05) is 5.73 Å². The van der Waals surface area contributed by atoms with Crippen LogP contribution < -0.4 is 5.73 Å². The number of nitrogen functional groups attached to an aromatic ring is 1. The van der Waals surface area contributed by atoms with Crippen LogP contribution in [0.25, 0.3) is 22.3 Å². The van der Waals surface area contributed by atoms with E-state index in [9.17, 15) is 4.79 Å². The molecular formula is C22H19NO. The fourth-order valence-electron chi connectivity index (χ4n) is 3.60. The first-order valence-corrected chi connectivity index (χ1v) is 8.31. The standard InChI is InChI=1S/C22H19NO/c23-22-20(15-7-3-1-4-8-15)14-17-13-18(24)11-12-19(17)21(22)16-9-5-2-6-10-16/h1-10,14H,11-13,23H2. The van der Waals surface area contributed by atoms with Gasteiger partial charge in [-0.15, -0.1) is 0 Å². The molecule has 0 aromatic heterocycles. The van der Waals surface area contributed by atoms with Gasteiger partial charge in [0.05, 0.1) is 0 Å². The van der Waals surface area contributed by atoms with Crippen LogP contribution in [-0.4, -0.2) is 5.78 Å². The van der Waals surface area contributed by atoms with Gasteiger partial charge >= 0.3 is 0 Å². The number of carbonyl (C=O) groups excluding carboxylic acids is 1. The topological polar surface area (TPSA) is 43.1 Å². The van der Waals surface area contributed by atoms with Crippen molar-refractivity contribution in [1.82, 2.24) is 0 Å². The zero-order valence-electron chi connectivity index (χ0n) is 13.5. The fraction of sp³-hybridized carbons (Fsp3) is 0.136. The Balaban J connectivity index is 2.01. The zero-order chi connectivity index (χ0) is 16.5. The van der Waals surface area contributed by atoms with Gasteiger partial charge in [-0.25, -0.2) is 0 Å². The largest absolute Gasteiger partial charge is 0.398 e. The Bertz CT molecular complexity index is 898. The van der Waals surface area contributed by atoms with Crippen molar-refractivity contribution in [3.63, 3.8) is 0 Å². The van der Waals surface area contributed by atoms with E-state index in [0.29, 0.717) is 18.6 Å². The van der Waals surface area contributed by atoms with E-state index in [1.165, 1.54) is 5.56 Å². The molecule has 0 aliphatic heterocycles. The second-order valence-electron chi connectivity index (χ2n) is 6.30. The van der Waals surface area contributed by atoms with E-state index >= 15 is 0 Å². The van der Waals surface area contributed by atoms with Crippen LogP contribution in [0.15, 0.2) is 66.7 Å². The van der Waals surface area contributed by atoms with Crippen molar-refractivity contribution < 1.29 is 4.79 Å². The van der Waals surface area contributed by atoms with Crippen LogP contribution in [0.2, 0.25) is 0 Å². The van der Waals surface area contributed by atoms with Gasteiger partial charge in [0.25, 0.3) is 0 Å². The van der Waals surface area contributed by atoms with Gasteiger partial charge < -0.3 is 5.73 Å². The van der Waals surface area contributed by atoms with Gasteiger partial charge in [0.15, 0.2) is 0 Å². The number of nitrogens with two attached hydrogens (primary N) is 1. The lowest BCUT2D eigenvalue weighted by atomic mass is 9.81. The number of fused-ring (bicyclic) bond motifs is 1. The molecule has 0 amide bonds. The van der Waals surface area contributed by atoms with E-state index in [1.54, 1.807) is 0 Å². The van der Waals surface area contributed by atoms with Crippen molar-refractivity contribution in [3.05, 3.63) is 77.9 Å². The molecule has 118 valence electrons. The molecule has 0 saturated carbocycles. The maximum absolute atomic E-state index is 12.0. The third-order valence-corrected chi connectivity index (χ3v) is 4.76. The Kier molecular flexibility index (Phi) is 3.66. The number of Topliss-reactive ketones (excluding diaryl/α,β-unsaturated/α-hetero) is 1. The van der Waals surface area contributed by atoms with E-state index in [-0.39, 0.29) is 0 Å². The highest BCUT2D eigenvalue weighted by atomic mass is 16.1. The molecule has 4 rings (SSSR count). The average Bonchev–Trinajstić information content (AvgIpc) is 2.63. The van der Waals surface area contributed by atoms with Crippen LogP contribution in [0.4, 0.5) is 5.69 Å². The third kappa shape index (κ3) is 2.50. The van der Waals surface area contributed by atoms with Crippen LogP contribution in [0.5, 0.6) is 0 Å². The number of benzene rings is 3. The Morgan fingerprint density at radius 1 is 0.792 bits per heavy atom. The SMILES string of the molecule is Nc1c(-c2ccccc2)cc2c(c1-c1ccccc1)CCC(=O)C2. The number of ketones is 1. The summed E-state index contributed by atoms with van der Waals surface area (Å²) < 4.78 is 0. The molecule has 0 unspecified atom stereocenters. The number of rotatable bonds is 2. The molecule has 0 bridgehead atoms. The third-order valence-electron chi connectivity index (χ3n) is 4.76. The molecule has 0 heterocycles. The van der Waals surface area contributed by atoms with E-state index in [1.807, 2.05) is 36.4 Å². The molecule has 0 saturated heterocycles. The summed E-state index contributed by atoms with van der Waals surface area (Å²) in [4.78, 5) is 12.0. The van der Waals surface area contributed by atoms with E-state index in [2.05, 4.69) is 30.3 Å². The van der Waals surface area contributed by atoms with Gasteiger partial charge in [0.2, 0.25) is 0 Å². The predicted molar refractivity (Wildman–Crippen MR) is 98.8 cm³/mol. The van der Waals surface area contributed by atoms with Gasteiger partial charge in [-0.05, 0) is 34.7 Å². The average molecular weight is 313 g/mol. The molecule has 1 aliphatic rings. The minimum Gasteiger partial charge on any atom is -0.398 e. The summed E-state index contributed by atoms with van der Waals surface area (Å²) in [6, 6.07) is 22.5. The van der Waals surface area contributed by atoms with Crippen molar-refractivity contribution in [1.29, 1.82) is 0 Å². The van der Waals surface area contributed by atoms with Crippen LogP contribution >= 0.6 is 0 Å². The molecular weight excluding hydrogens is 294 g/mol. The Hall–Kier alpha value is -2.87.